The van der Waals surface area contributed by atoms with Crippen LogP contribution >= 0.6 is 0 Å². The molecule has 0 fully saturated rings. The second-order valence-electron chi connectivity index (χ2n) is 3.19. The Morgan fingerprint density at radius 2 is 2.20 bits per heavy atom. The van der Waals surface area contributed by atoms with Gasteiger partial charge in [-0.1, -0.05) is 0 Å². The Labute approximate surface area is 113 Å². The Balaban J connectivity index is 0. The summed E-state index contributed by atoms with van der Waals surface area (Å²) in [6.07, 6.45) is 6.97. The van der Waals surface area contributed by atoms with Gasteiger partial charge in [0.2, 0.25) is 0 Å². The van der Waals surface area contributed by atoms with Gasteiger partial charge >= 0.3 is 88.6 Å². The maximum atomic E-state index is 11.2. The summed E-state index contributed by atoms with van der Waals surface area (Å²) >= 11 is -0.387. The Hall–Kier alpha value is 0.244. The molecule has 5 heteroatoms. The van der Waals surface area contributed by atoms with Gasteiger partial charge in [0.25, 0.3) is 0 Å². The van der Waals surface area contributed by atoms with Crippen molar-refractivity contribution in [2.75, 3.05) is 0 Å². The molecule has 0 radical (unpaired) electrons. The van der Waals surface area contributed by atoms with Crippen molar-refractivity contribution in [2.24, 2.45) is 0 Å². The van der Waals surface area contributed by atoms with Crippen LogP contribution in [0.3, 0.4) is 0 Å². The molecule has 0 atom stereocenters. The van der Waals surface area contributed by atoms with Crippen LogP contribution in [-0.2, 0) is 24.2 Å². The first-order chi connectivity index (χ1) is 6.24. The number of nitrogens with one attached hydrogen (secondary N) is 1. The Bertz CT molecular complexity index is 264. The van der Waals surface area contributed by atoms with Crippen LogP contribution in [0.5, 0.6) is 0 Å². The van der Waals surface area contributed by atoms with Crippen LogP contribution < -0.4 is 28.6 Å². The molecular formula is C10H15Cl2NOTi. The van der Waals surface area contributed by atoms with Crippen molar-refractivity contribution in [1.82, 2.24) is 3.80 Å². The quantitative estimate of drug-likeness (QED) is 0.526. The number of amides is 1. The van der Waals surface area contributed by atoms with Gasteiger partial charge in [0.15, 0.2) is 0 Å². The topological polar surface area (TPSA) is 29.1 Å². The average Bonchev–Trinajstić information content (AvgIpc) is 2.48. The van der Waals surface area contributed by atoms with Gasteiger partial charge < -0.3 is 24.8 Å². The fourth-order valence-corrected chi connectivity index (χ4v) is 2.63. The Morgan fingerprint density at radius 1 is 1.53 bits per heavy atom. The molecule has 0 bridgehead atoms. The van der Waals surface area contributed by atoms with E-state index in [2.05, 4.69) is 22.9 Å². The number of halogens is 2. The molecule has 0 saturated carbocycles. The van der Waals surface area contributed by atoms with E-state index in [1.807, 2.05) is 6.92 Å². The molecule has 1 aliphatic carbocycles. The van der Waals surface area contributed by atoms with Gasteiger partial charge in [-0.05, 0) is 0 Å². The molecule has 15 heavy (non-hydrogen) atoms. The van der Waals surface area contributed by atoms with Crippen LogP contribution in [0.1, 0.15) is 33.1 Å². The normalized spacial score (nSPS) is 12.7. The first-order valence-electron chi connectivity index (χ1n) is 4.65. The molecule has 0 spiro atoms. The fraction of sp³-hybridized carbons (Fsp3) is 0.500. The van der Waals surface area contributed by atoms with Crippen molar-refractivity contribution < 1.29 is 49.0 Å². The van der Waals surface area contributed by atoms with Crippen molar-refractivity contribution >= 4 is 5.91 Å². The molecule has 0 saturated heterocycles. The molecule has 0 aromatic carbocycles. The van der Waals surface area contributed by atoms with Crippen molar-refractivity contribution in [2.45, 2.75) is 33.1 Å². The number of hydrogen-bond donors (Lipinski definition) is 1. The van der Waals surface area contributed by atoms with Crippen LogP contribution in [0.25, 0.3) is 0 Å². The van der Waals surface area contributed by atoms with Gasteiger partial charge in [-0.25, -0.2) is 0 Å². The summed E-state index contributed by atoms with van der Waals surface area (Å²) < 4.78 is 4.51. The van der Waals surface area contributed by atoms with E-state index in [4.69, 9.17) is 0 Å². The van der Waals surface area contributed by atoms with Gasteiger partial charge in [0, 0.05) is 0 Å². The molecule has 0 aromatic rings. The van der Waals surface area contributed by atoms with Crippen molar-refractivity contribution in [1.29, 1.82) is 0 Å². The van der Waals surface area contributed by atoms with Gasteiger partial charge in [-0.15, -0.1) is 0 Å². The summed E-state index contributed by atoms with van der Waals surface area (Å²) in [5, 5.41) is 0. The number of rotatable bonds is 4. The van der Waals surface area contributed by atoms with E-state index >= 15 is 0 Å². The predicted octanol–water partition coefficient (Wildman–Crippen LogP) is -3.86. The van der Waals surface area contributed by atoms with Gasteiger partial charge in [0.1, 0.15) is 0 Å². The van der Waals surface area contributed by atoms with E-state index < -0.39 is 0 Å². The van der Waals surface area contributed by atoms with Gasteiger partial charge in [-0.2, -0.15) is 0 Å². The van der Waals surface area contributed by atoms with E-state index in [0.717, 1.165) is 12.8 Å². The van der Waals surface area contributed by atoms with Crippen LogP contribution in [0.15, 0.2) is 21.6 Å². The Morgan fingerprint density at radius 3 is 2.67 bits per heavy atom. The van der Waals surface area contributed by atoms with Crippen molar-refractivity contribution in [3.05, 3.63) is 21.6 Å². The first kappa shape index (κ1) is 17.6. The van der Waals surface area contributed by atoms with Crippen LogP contribution in [0.4, 0.5) is 0 Å². The number of hydrogen-bond acceptors (Lipinski definition) is 1. The van der Waals surface area contributed by atoms with Crippen molar-refractivity contribution in [3.8, 4) is 0 Å². The monoisotopic (exact) mass is 283 g/mol. The summed E-state index contributed by atoms with van der Waals surface area (Å²) in [7, 11) is 0. The van der Waals surface area contributed by atoms with E-state index in [-0.39, 0.29) is 50.1 Å². The zero-order valence-electron chi connectivity index (χ0n) is 8.94. The number of carbonyl (C=O) groups is 1. The van der Waals surface area contributed by atoms with Crippen LogP contribution in [0.2, 0.25) is 0 Å². The van der Waals surface area contributed by atoms with E-state index in [0.29, 0.717) is 6.42 Å². The zero-order chi connectivity index (χ0) is 9.68. The first-order valence-corrected chi connectivity index (χ1v) is 6.21. The minimum Gasteiger partial charge on any atom is -1.00 e. The number of carbonyl (C=O) groups excluding carboxylic acids is 1. The summed E-state index contributed by atoms with van der Waals surface area (Å²) in [4.78, 5) is 11.2. The molecule has 0 unspecified atom stereocenters. The smallest absolute Gasteiger partial charge is 1.00 e. The average molecular weight is 284 g/mol. The van der Waals surface area contributed by atoms with Crippen molar-refractivity contribution in [3.63, 3.8) is 0 Å². The maximum Gasteiger partial charge on any atom is -1.00 e. The predicted molar refractivity (Wildman–Crippen MR) is 49.5 cm³/mol. The van der Waals surface area contributed by atoms with Crippen LogP contribution in [0, 0.1) is 0 Å². The molecule has 1 N–H and O–H groups in total. The third-order valence-corrected chi connectivity index (χ3v) is 4.03. The molecule has 84 valence electrons. The molecule has 0 heterocycles. The number of allylic oxidation sites excluding steroid dienone is 4. The minimum absolute atomic E-state index is 0. The standard InChI is InChI=1S/C6H7.C4H9NO.2ClH.Ti/c1-6-4-2-3-5-6;1-2-3-4(5)6;;;/h2,4H,3H2,1H3;2-3H2,1H3,(H2,5,6);2*1H;/q;;;;+3/p-3. The Kier molecular flexibility index (Phi) is 11.1. The summed E-state index contributed by atoms with van der Waals surface area (Å²) in [5.74, 6) is 0.217. The largest absolute Gasteiger partial charge is 1.00 e. The molecule has 1 aliphatic rings. The molecule has 2 nitrogen and oxygen atoms in total. The van der Waals surface area contributed by atoms with E-state index in [1.54, 1.807) is 0 Å². The summed E-state index contributed by atoms with van der Waals surface area (Å²) in [5.41, 5.74) is 1.36. The molecule has 1 amide bonds. The second-order valence-corrected chi connectivity index (χ2v) is 4.91. The van der Waals surface area contributed by atoms with E-state index in [1.165, 1.54) is 9.45 Å². The zero-order valence-corrected chi connectivity index (χ0v) is 12.0. The van der Waals surface area contributed by atoms with E-state index in [9.17, 15) is 4.79 Å². The third-order valence-electron chi connectivity index (χ3n) is 2.00. The van der Waals surface area contributed by atoms with Gasteiger partial charge in [0.05, 0.1) is 0 Å². The van der Waals surface area contributed by atoms with Gasteiger partial charge in [-0.3, -0.25) is 0 Å². The molecule has 0 aromatic heterocycles. The third kappa shape index (κ3) is 6.42. The SMILES string of the molecule is CCCC(=O)[NH][Ti+2][C]1=C(C)C=CC1.[Cl-].[Cl-]. The molecular weight excluding hydrogens is 269 g/mol. The minimum atomic E-state index is -0.387. The second kappa shape index (κ2) is 9.47. The maximum absolute atomic E-state index is 11.2. The summed E-state index contributed by atoms with van der Waals surface area (Å²) in [6.45, 7) is 4.15. The fourth-order valence-electron chi connectivity index (χ4n) is 1.20. The summed E-state index contributed by atoms with van der Waals surface area (Å²) in [6, 6.07) is 0. The van der Waals surface area contributed by atoms with Crippen LogP contribution in [-0.4, -0.2) is 5.91 Å². The molecule has 0 aliphatic heterocycles. The molecule has 1 rings (SSSR count).